The van der Waals surface area contributed by atoms with Crippen LogP contribution < -0.4 is 0 Å². The number of likely N-dealkylation sites (tertiary alicyclic amines) is 1. The van der Waals surface area contributed by atoms with Gasteiger partial charge in [-0.1, -0.05) is 30.3 Å². The number of hydrogen-bond acceptors (Lipinski definition) is 3. The topological polar surface area (TPSA) is 49.9 Å². The zero-order chi connectivity index (χ0) is 21.5. The Kier molecular flexibility index (Phi) is 5.30. The summed E-state index contributed by atoms with van der Waals surface area (Å²) in [4.78, 5) is 30.7. The van der Waals surface area contributed by atoms with Gasteiger partial charge < -0.3 is 14.5 Å². The predicted octanol–water partition coefficient (Wildman–Crippen LogP) is 4.42. The van der Waals surface area contributed by atoms with Gasteiger partial charge in [0.2, 0.25) is 0 Å². The third kappa shape index (κ3) is 3.65. The van der Waals surface area contributed by atoms with Crippen molar-refractivity contribution >= 4 is 11.8 Å². The maximum atomic E-state index is 13.7. The minimum absolute atomic E-state index is 0.0232. The molecule has 2 fully saturated rings. The van der Waals surface area contributed by atoms with Crippen molar-refractivity contribution < 1.29 is 14.3 Å². The fourth-order valence-electron chi connectivity index (χ4n) is 5.26. The van der Waals surface area contributed by atoms with Crippen LogP contribution in [0.2, 0.25) is 0 Å². The van der Waals surface area contributed by atoms with Crippen LogP contribution >= 0.6 is 0 Å². The molecule has 2 aromatic rings. The molecule has 0 unspecified atom stereocenters. The summed E-state index contributed by atoms with van der Waals surface area (Å²) in [7, 11) is 0. The molecule has 0 N–H and O–H groups in total. The van der Waals surface area contributed by atoms with Gasteiger partial charge in [0.1, 0.15) is 0 Å². The first-order valence-electron chi connectivity index (χ1n) is 11.4. The molecule has 2 saturated heterocycles. The highest BCUT2D eigenvalue weighted by molar-refractivity contribution is 6.09. The lowest BCUT2D eigenvalue weighted by molar-refractivity contribution is 0.0542. The molecule has 31 heavy (non-hydrogen) atoms. The number of carbonyl (C=O) groups excluding carboxylic acids is 2. The highest BCUT2D eigenvalue weighted by Crippen LogP contribution is 2.36. The van der Waals surface area contributed by atoms with Crippen LogP contribution in [0, 0.1) is 13.8 Å². The van der Waals surface area contributed by atoms with E-state index in [4.69, 9.17) is 4.74 Å². The maximum Gasteiger partial charge on any atom is 0.255 e. The van der Waals surface area contributed by atoms with Crippen LogP contribution in [0.4, 0.5) is 0 Å². The SMILES string of the molecule is Cc1ccc([C@@H]2CCCN2C(=O)c2cccc3c2C(=O)N(C[C@@H]2CCCO2)C3)cc1C. The summed E-state index contributed by atoms with van der Waals surface area (Å²) in [5, 5.41) is 0. The summed E-state index contributed by atoms with van der Waals surface area (Å²) < 4.78 is 5.73. The van der Waals surface area contributed by atoms with Crippen molar-refractivity contribution in [1.82, 2.24) is 9.80 Å². The van der Waals surface area contributed by atoms with Crippen molar-refractivity contribution in [1.29, 1.82) is 0 Å². The molecule has 5 nitrogen and oxygen atoms in total. The average Bonchev–Trinajstić information content (AvgIpc) is 3.51. The van der Waals surface area contributed by atoms with Gasteiger partial charge >= 0.3 is 0 Å². The van der Waals surface area contributed by atoms with Gasteiger partial charge in [0, 0.05) is 26.2 Å². The summed E-state index contributed by atoms with van der Waals surface area (Å²) in [6, 6.07) is 12.3. The second kappa shape index (κ2) is 8.12. The van der Waals surface area contributed by atoms with E-state index in [2.05, 4.69) is 32.0 Å². The summed E-state index contributed by atoms with van der Waals surface area (Å²) in [6.07, 6.45) is 4.11. The zero-order valence-corrected chi connectivity index (χ0v) is 18.4. The van der Waals surface area contributed by atoms with Crippen LogP contribution in [0.15, 0.2) is 36.4 Å². The highest BCUT2D eigenvalue weighted by atomic mass is 16.5. The molecule has 0 spiro atoms. The molecule has 162 valence electrons. The minimum atomic E-state index is -0.0311. The van der Waals surface area contributed by atoms with Gasteiger partial charge in [0.25, 0.3) is 11.8 Å². The number of nitrogens with zero attached hydrogens (tertiary/aromatic N) is 2. The Morgan fingerprint density at radius 2 is 1.97 bits per heavy atom. The van der Waals surface area contributed by atoms with Crippen molar-refractivity contribution in [3.63, 3.8) is 0 Å². The van der Waals surface area contributed by atoms with E-state index in [1.807, 2.05) is 28.0 Å². The number of fused-ring (bicyclic) bond motifs is 1. The predicted molar refractivity (Wildman–Crippen MR) is 119 cm³/mol. The van der Waals surface area contributed by atoms with E-state index in [1.165, 1.54) is 16.7 Å². The van der Waals surface area contributed by atoms with Gasteiger partial charge in [-0.05, 0) is 67.9 Å². The van der Waals surface area contributed by atoms with Crippen LogP contribution in [0.1, 0.15) is 74.7 Å². The number of aryl methyl sites for hydroxylation is 2. The zero-order valence-electron chi connectivity index (χ0n) is 18.4. The van der Waals surface area contributed by atoms with Crippen molar-refractivity contribution in [2.24, 2.45) is 0 Å². The van der Waals surface area contributed by atoms with Gasteiger partial charge in [-0.2, -0.15) is 0 Å². The Morgan fingerprint density at radius 1 is 1.10 bits per heavy atom. The molecule has 3 aliphatic heterocycles. The van der Waals surface area contributed by atoms with Gasteiger partial charge in [0.15, 0.2) is 0 Å². The fourth-order valence-corrected chi connectivity index (χ4v) is 5.26. The first-order valence-corrected chi connectivity index (χ1v) is 11.4. The Bertz CT molecular complexity index is 1030. The third-order valence-electron chi connectivity index (χ3n) is 7.12. The second-order valence-corrected chi connectivity index (χ2v) is 9.16. The minimum Gasteiger partial charge on any atom is -0.376 e. The molecular formula is C26H30N2O3. The number of amides is 2. The Labute approximate surface area is 184 Å². The van der Waals surface area contributed by atoms with Gasteiger partial charge in [-0.15, -0.1) is 0 Å². The molecule has 0 aliphatic carbocycles. The van der Waals surface area contributed by atoms with Gasteiger partial charge in [-0.25, -0.2) is 0 Å². The third-order valence-corrected chi connectivity index (χ3v) is 7.12. The Balaban J connectivity index is 1.41. The van der Waals surface area contributed by atoms with Crippen LogP contribution in [0.5, 0.6) is 0 Å². The van der Waals surface area contributed by atoms with E-state index in [1.54, 1.807) is 0 Å². The molecule has 5 rings (SSSR count). The quantitative estimate of drug-likeness (QED) is 0.739. The lowest BCUT2D eigenvalue weighted by Crippen LogP contribution is -2.34. The largest absolute Gasteiger partial charge is 0.376 e. The van der Waals surface area contributed by atoms with Crippen LogP contribution in [0.25, 0.3) is 0 Å². The van der Waals surface area contributed by atoms with Gasteiger partial charge in [-0.3, -0.25) is 9.59 Å². The van der Waals surface area contributed by atoms with E-state index < -0.39 is 0 Å². The Morgan fingerprint density at radius 3 is 2.74 bits per heavy atom. The summed E-state index contributed by atoms with van der Waals surface area (Å²) in [5.41, 5.74) is 5.79. The summed E-state index contributed by atoms with van der Waals surface area (Å²) >= 11 is 0. The molecule has 5 heteroatoms. The number of benzene rings is 2. The summed E-state index contributed by atoms with van der Waals surface area (Å²) in [6.45, 7) is 6.90. The molecule has 3 aliphatic rings. The van der Waals surface area contributed by atoms with E-state index in [0.29, 0.717) is 24.2 Å². The fraction of sp³-hybridized carbons (Fsp3) is 0.462. The molecule has 2 aromatic carbocycles. The number of rotatable bonds is 4. The Hall–Kier alpha value is -2.66. The normalized spacial score (nSPS) is 23.0. The van der Waals surface area contributed by atoms with Crippen LogP contribution in [-0.4, -0.2) is 47.4 Å². The van der Waals surface area contributed by atoms with E-state index in [9.17, 15) is 9.59 Å². The average molecular weight is 419 g/mol. The molecule has 2 atom stereocenters. The molecule has 2 amide bonds. The van der Waals surface area contributed by atoms with Gasteiger partial charge in [0.05, 0.1) is 23.3 Å². The molecule has 0 saturated carbocycles. The van der Waals surface area contributed by atoms with Crippen molar-refractivity contribution in [2.45, 2.75) is 58.2 Å². The maximum absolute atomic E-state index is 13.7. The molecule has 0 bridgehead atoms. The summed E-state index contributed by atoms with van der Waals surface area (Å²) in [5.74, 6) is -0.0544. The lowest BCUT2D eigenvalue weighted by Gasteiger charge is -2.26. The van der Waals surface area contributed by atoms with E-state index in [0.717, 1.165) is 44.4 Å². The first-order chi connectivity index (χ1) is 15.0. The second-order valence-electron chi connectivity index (χ2n) is 9.16. The van der Waals surface area contributed by atoms with Crippen LogP contribution in [0.3, 0.4) is 0 Å². The number of ether oxygens (including phenoxy) is 1. The highest BCUT2D eigenvalue weighted by Gasteiger charge is 2.37. The number of carbonyl (C=O) groups is 2. The van der Waals surface area contributed by atoms with E-state index in [-0.39, 0.29) is 24.0 Å². The molecule has 0 aromatic heterocycles. The monoisotopic (exact) mass is 418 g/mol. The standard InChI is InChI=1S/C26H30N2O3/c1-17-10-11-19(14-18(17)2)23-9-4-12-28(23)25(29)22-8-3-6-20-15-27(26(30)24(20)22)16-21-7-5-13-31-21/h3,6,8,10-11,14,21,23H,4-5,7,9,12-13,15-16H2,1-2H3/t21-,23-/m0/s1. The lowest BCUT2D eigenvalue weighted by atomic mass is 9.98. The van der Waals surface area contributed by atoms with Crippen molar-refractivity contribution in [2.75, 3.05) is 19.7 Å². The molecular weight excluding hydrogens is 388 g/mol. The van der Waals surface area contributed by atoms with Crippen LogP contribution in [-0.2, 0) is 11.3 Å². The molecule has 3 heterocycles. The first kappa shape index (κ1) is 20.3. The number of hydrogen-bond donors (Lipinski definition) is 0. The van der Waals surface area contributed by atoms with Crippen molar-refractivity contribution in [3.8, 4) is 0 Å². The smallest absolute Gasteiger partial charge is 0.255 e. The van der Waals surface area contributed by atoms with E-state index >= 15 is 0 Å². The van der Waals surface area contributed by atoms with Crippen molar-refractivity contribution in [3.05, 3.63) is 69.8 Å². The molecule has 0 radical (unpaired) electrons.